The van der Waals surface area contributed by atoms with E-state index in [0.29, 0.717) is 16.7 Å². The molecule has 0 saturated heterocycles. The molecule has 0 fully saturated rings. The molecular formula is C25H19N3O3. The fraction of sp³-hybridized carbons (Fsp3) is 0.0800. The van der Waals surface area contributed by atoms with Gasteiger partial charge >= 0.3 is 5.97 Å². The number of rotatable bonds is 6. The summed E-state index contributed by atoms with van der Waals surface area (Å²) in [7, 11) is 0. The Labute approximate surface area is 179 Å². The van der Waals surface area contributed by atoms with Gasteiger partial charge in [0.2, 0.25) is 0 Å². The van der Waals surface area contributed by atoms with E-state index < -0.39 is 5.97 Å². The maximum atomic E-state index is 12.3. The summed E-state index contributed by atoms with van der Waals surface area (Å²) >= 11 is 0. The van der Waals surface area contributed by atoms with Crippen molar-refractivity contribution in [2.24, 2.45) is 0 Å². The lowest BCUT2D eigenvalue weighted by Gasteiger charge is -2.07. The summed E-state index contributed by atoms with van der Waals surface area (Å²) in [5.41, 5.74) is 4.36. The standard InChI is InChI=1S/C25H19N3O3/c26-14-22-21(16-28-13-5-4-8-23(22)28)17-31-24(29)15-27-25(30)20-11-9-19(10-12-20)18-6-2-1-3-7-18/h1-13,16H,15,17H2,(H,27,30). The van der Waals surface area contributed by atoms with Crippen LogP contribution in [0.3, 0.4) is 0 Å². The van der Waals surface area contributed by atoms with Gasteiger partial charge in [-0.05, 0) is 35.4 Å². The monoisotopic (exact) mass is 409 g/mol. The maximum Gasteiger partial charge on any atom is 0.325 e. The largest absolute Gasteiger partial charge is 0.459 e. The first kappa shape index (κ1) is 19.9. The topological polar surface area (TPSA) is 83.6 Å². The zero-order chi connectivity index (χ0) is 21.6. The summed E-state index contributed by atoms with van der Waals surface area (Å²) in [5, 5.41) is 12.0. The minimum atomic E-state index is -0.576. The molecule has 31 heavy (non-hydrogen) atoms. The summed E-state index contributed by atoms with van der Waals surface area (Å²) in [5.74, 6) is -0.933. The van der Waals surface area contributed by atoms with Gasteiger partial charge in [0.15, 0.2) is 0 Å². The quantitative estimate of drug-likeness (QED) is 0.489. The number of hydrogen-bond acceptors (Lipinski definition) is 4. The predicted molar refractivity (Wildman–Crippen MR) is 116 cm³/mol. The van der Waals surface area contributed by atoms with Gasteiger partial charge in [-0.15, -0.1) is 0 Å². The average molecular weight is 409 g/mol. The molecule has 1 amide bonds. The molecule has 0 atom stereocenters. The molecule has 2 heterocycles. The molecule has 0 aliphatic carbocycles. The highest BCUT2D eigenvalue weighted by Gasteiger charge is 2.13. The Balaban J connectivity index is 1.32. The van der Waals surface area contributed by atoms with E-state index in [9.17, 15) is 14.9 Å². The second-order valence-corrected chi connectivity index (χ2v) is 6.92. The number of aromatic nitrogens is 1. The smallest absolute Gasteiger partial charge is 0.325 e. The number of esters is 1. The summed E-state index contributed by atoms with van der Waals surface area (Å²) in [6.45, 7) is -0.292. The molecular weight excluding hydrogens is 390 g/mol. The van der Waals surface area contributed by atoms with E-state index in [0.717, 1.165) is 16.6 Å². The number of carbonyl (C=O) groups is 2. The zero-order valence-electron chi connectivity index (χ0n) is 16.6. The van der Waals surface area contributed by atoms with Crippen LogP contribution in [-0.2, 0) is 16.1 Å². The number of fused-ring (bicyclic) bond motifs is 1. The van der Waals surface area contributed by atoms with Gasteiger partial charge in [0.1, 0.15) is 19.2 Å². The SMILES string of the molecule is N#Cc1c(COC(=O)CNC(=O)c2ccc(-c3ccccc3)cc2)cn2ccccc12. The van der Waals surface area contributed by atoms with Gasteiger partial charge in [0.25, 0.3) is 5.91 Å². The van der Waals surface area contributed by atoms with Crippen LogP contribution >= 0.6 is 0 Å². The van der Waals surface area contributed by atoms with Crippen molar-refractivity contribution in [2.45, 2.75) is 6.61 Å². The molecule has 4 rings (SSSR count). The molecule has 4 aromatic rings. The minimum absolute atomic E-state index is 0.0367. The lowest BCUT2D eigenvalue weighted by Crippen LogP contribution is -2.30. The molecule has 2 aromatic heterocycles. The number of nitrogens with zero attached hydrogens (tertiary/aromatic N) is 2. The Morgan fingerprint density at radius 3 is 2.39 bits per heavy atom. The Bertz CT molecular complexity index is 1270. The Morgan fingerprint density at radius 2 is 1.65 bits per heavy atom. The number of nitriles is 1. The molecule has 152 valence electrons. The van der Waals surface area contributed by atoms with Crippen molar-refractivity contribution in [3.05, 3.63) is 102 Å². The first-order chi connectivity index (χ1) is 15.2. The van der Waals surface area contributed by atoms with E-state index in [1.807, 2.05) is 71.3 Å². The second kappa shape index (κ2) is 8.97. The fourth-order valence-electron chi connectivity index (χ4n) is 3.32. The molecule has 0 aliphatic heterocycles. The van der Waals surface area contributed by atoms with Crippen LogP contribution < -0.4 is 5.32 Å². The van der Waals surface area contributed by atoms with E-state index in [4.69, 9.17) is 4.74 Å². The number of ether oxygens (including phenoxy) is 1. The Kier molecular flexibility index (Phi) is 5.77. The van der Waals surface area contributed by atoms with Crippen LogP contribution in [0.1, 0.15) is 21.5 Å². The highest BCUT2D eigenvalue weighted by molar-refractivity contribution is 5.96. The molecule has 0 aliphatic rings. The molecule has 0 spiro atoms. The zero-order valence-corrected chi connectivity index (χ0v) is 16.6. The highest BCUT2D eigenvalue weighted by atomic mass is 16.5. The Hall–Kier alpha value is -4.37. The van der Waals surface area contributed by atoms with E-state index in [1.54, 1.807) is 18.3 Å². The van der Waals surface area contributed by atoms with Gasteiger partial charge in [-0.3, -0.25) is 9.59 Å². The fourth-order valence-corrected chi connectivity index (χ4v) is 3.32. The van der Waals surface area contributed by atoms with Crippen LogP contribution in [-0.4, -0.2) is 22.8 Å². The third kappa shape index (κ3) is 4.46. The van der Waals surface area contributed by atoms with Crippen LogP contribution in [0.25, 0.3) is 16.6 Å². The molecule has 6 heteroatoms. The third-order valence-electron chi connectivity index (χ3n) is 4.91. The summed E-state index contributed by atoms with van der Waals surface area (Å²) in [6, 6.07) is 24.7. The van der Waals surface area contributed by atoms with Crippen molar-refractivity contribution < 1.29 is 14.3 Å². The van der Waals surface area contributed by atoms with Crippen molar-refractivity contribution in [3.8, 4) is 17.2 Å². The average Bonchev–Trinajstić information content (AvgIpc) is 3.19. The van der Waals surface area contributed by atoms with Crippen molar-refractivity contribution in [3.63, 3.8) is 0 Å². The van der Waals surface area contributed by atoms with Crippen molar-refractivity contribution >= 4 is 17.4 Å². The molecule has 0 unspecified atom stereocenters. The van der Waals surface area contributed by atoms with E-state index in [-0.39, 0.29) is 19.1 Å². The minimum Gasteiger partial charge on any atom is -0.459 e. The van der Waals surface area contributed by atoms with Gasteiger partial charge in [0.05, 0.1) is 11.1 Å². The third-order valence-corrected chi connectivity index (χ3v) is 4.91. The lowest BCUT2D eigenvalue weighted by atomic mass is 10.0. The number of benzene rings is 2. The summed E-state index contributed by atoms with van der Waals surface area (Å²) < 4.78 is 7.05. The molecule has 1 N–H and O–H groups in total. The molecule has 2 aromatic carbocycles. The predicted octanol–water partition coefficient (Wildman–Crippen LogP) is 3.95. The maximum absolute atomic E-state index is 12.3. The van der Waals surface area contributed by atoms with Gasteiger partial charge in [-0.25, -0.2) is 0 Å². The molecule has 0 bridgehead atoms. The van der Waals surface area contributed by atoms with E-state index >= 15 is 0 Å². The van der Waals surface area contributed by atoms with Gasteiger partial charge < -0.3 is 14.5 Å². The number of carbonyl (C=O) groups excluding carboxylic acids is 2. The highest BCUT2D eigenvalue weighted by Crippen LogP contribution is 2.20. The molecule has 0 saturated carbocycles. The number of nitrogens with one attached hydrogen (secondary N) is 1. The van der Waals surface area contributed by atoms with E-state index in [2.05, 4.69) is 11.4 Å². The number of pyridine rings is 1. The molecule has 0 radical (unpaired) electrons. The van der Waals surface area contributed by atoms with Gasteiger partial charge in [0, 0.05) is 23.5 Å². The molecule has 6 nitrogen and oxygen atoms in total. The normalized spacial score (nSPS) is 10.4. The number of amides is 1. The Morgan fingerprint density at radius 1 is 0.935 bits per heavy atom. The first-order valence-electron chi connectivity index (χ1n) is 9.73. The number of hydrogen-bond donors (Lipinski definition) is 1. The van der Waals surface area contributed by atoms with Crippen LogP contribution in [0.4, 0.5) is 0 Å². The van der Waals surface area contributed by atoms with E-state index in [1.165, 1.54) is 0 Å². The van der Waals surface area contributed by atoms with Crippen LogP contribution in [0.15, 0.2) is 85.2 Å². The van der Waals surface area contributed by atoms with Crippen LogP contribution in [0, 0.1) is 11.3 Å². The van der Waals surface area contributed by atoms with Crippen molar-refractivity contribution in [2.75, 3.05) is 6.54 Å². The van der Waals surface area contributed by atoms with Crippen LogP contribution in [0.5, 0.6) is 0 Å². The summed E-state index contributed by atoms with van der Waals surface area (Å²) in [6.07, 6.45) is 3.58. The van der Waals surface area contributed by atoms with Crippen molar-refractivity contribution in [1.82, 2.24) is 9.72 Å². The van der Waals surface area contributed by atoms with Gasteiger partial charge in [-0.1, -0.05) is 48.5 Å². The second-order valence-electron chi connectivity index (χ2n) is 6.92. The first-order valence-corrected chi connectivity index (χ1v) is 9.73. The van der Waals surface area contributed by atoms with Crippen molar-refractivity contribution in [1.29, 1.82) is 5.26 Å². The van der Waals surface area contributed by atoms with Gasteiger partial charge in [-0.2, -0.15) is 5.26 Å². The van der Waals surface area contributed by atoms with Crippen LogP contribution in [0.2, 0.25) is 0 Å². The summed E-state index contributed by atoms with van der Waals surface area (Å²) in [4.78, 5) is 24.4. The lowest BCUT2D eigenvalue weighted by molar-refractivity contribution is -0.143.